The first-order valence-electron chi connectivity index (χ1n) is 5.62. The molecule has 0 amide bonds. The molecule has 2 unspecified atom stereocenters. The van der Waals surface area contributed by atoms with Gasteiger partial charge in [0.05, 0.1) is 30.5 Å². The van der Waals surface area contributed by atoms with E-state index in [0.717, 1.165) is 11.3 Å². The molecule has 8 heteroatoms. The molecule has 0 bridgehead atoms. The highest BCUT2D eigenvalue weighted by Crippen LogP contribution is 2.26. The summed E-state index contributed by atoms with van der Waals surface area (Å²) in [6.07, 6.45) is 0.927. The molecule has 1 aromatic heterocycles. The van der Waals surface area contributed by atoms with Gasteiger partial charge in [0.15, 0.2) is 4.21 Å². The molecule has 1 aliphatic heterocycles. The number of aromatic nitrogens is 1. The van der Waals surface area contributed by atoms with Crippen LogP contribution in [0.3, 0.4) is 0 Å². The number of rotatable bonds is 3. The molecule has 0 aromatic carbocycles. The van der Waals surface area contributed by atoms with E-state index in [1.165, 1.54) is 10.5 Å². The van der Waals surface area contributed by atoms with Crippen LogP contribution in [0.4, 0.5) is 0 Å². The van der Waals surface area contributed by atoms with Crippen molar-refractivity contribution < 1.29 is 18.3 Å². The molecule has 1 fully saturated rings. The first kappa shape index (κ1) is 13.9. The maximum Gasteiger partial charge on any atom is 0.254 e. The maximum atomic E-state index is 12.4. The summed E-state index contributed by atoms with van der Waals surface area (Å²) in [5.74, 6) is 0. The number of aryl methyl sites for hydroxylation is 1. The number of hydrogen-bond acceptors (Lipinski definition) is 6. The molecule has 1 aromatic rings. The zero-order valence-corrected chi connectivity index (χ0v) is 11.9. The van der Waals surface area contributed by atoms with E-state index in [1.54, 1.807) is 13.8 Å². The van der Waals surface area contributed by atoms with Crippen LogP contribution < -0.4 is 0 Å². The maximum absolute atomic E-state index is 12.4. The number of thiazole rings is 1. The van der Waals surface area contributed by atoms with Crippen molar-refractivity contribution in [2.45, 2.75) is 30.2 Å². The van der Waals surface area contributed by atoms with E-state index in [9.17, 15) is 8.42 Å². The smallest absolute Gasteiger partial charge is 0.254 e. The molecular weight excluding hydrogens is 276 g/mol. The minimum Gasteiger partial charge on any atom is -0.394 e. The van der Waals surface area contributed by atoms with E-state index >= 15 is 0 Å². The Kier molecular flexibility index (Phi) is 4.02. The van der Waals surface area contributed by atoms with Crippen molar-refractivity contribution in [2.24, 2.45) is 0 Å². The summed E-state index contributed by atoms with van der Waals surface area (Å²) < 4.78 is 31.8. The molecular formula is C10H16N2O4S2. The Bertz CT molecular complexity index is 514. The lowest BCUT2D eigenvalue weighted by Crippen LogP contribution is -2.51. The van der Waals surface area contributed by atoms with Gasteiger partial charge in [0.1, 0.15) is 0 Å². The third-order valence-corrected chi connectivity index (χ3v) is 6.14. The first-order valence-corrected chi connectivity index (χ1v) is 7.87. The molecule has 102 valence electrons. The highest BCUT2D eigenvalue weighted by molar-refractivity contribution is 7.91. The van der Waals surface area contributed by atoms with E-state index in [-0.39, 0.29) is 23.4 Å². The van der Waals surface area contributed by atoms with Gasteiger partial charge < -0.3 is 9.84 Å². The van der Waals surface area contributed by atoms with Crippen LogP contribution in [0, 0.1) is 6.92 Å². The van der Waals surface area contributed by atoms with Gasteiger partial charge in [-0.25, -0.2) is 13.4 Å². The minimum atomic E-state index is -3.54. The van der Waals surface area contributed by atoms with Gasteiger partial charge in [-0.2, -0.15) is 4.31 Å². The summed E-state index contributed by atoms with van der Waals surface area (Å²) in [6.45, 7) is 3.85. The van der Waals surface area contributed by atoms with Crippen LogP contribution in [-0.4, -0.2) is 54.7 Å². The van der Waals surface area contributed by atoms with Gasteiger partial charge >= 0.3 is 0 Å². The molecule has 0 saturated carbocycles. The second-order valence-electron chi connectivity index (χ2n) is 4.26. The monoisotopic (exact) mass is 292 g/mol. The van der Waals surface area contributed by atoms with Crippen molar-refractivity contribution in [1.82, 2.24) is 9.29 Å². The summed E-state index contributed by atoms with van der Waals surface area (Å²) in [5.41, 5.74) is 0. The summed E-state index contributed by atoms with van der Waals surface area (Å²) in [6, 6.07) is -0.236. The van der Waals surface area contributed by atoms with Crippen molar-refractivity contribution in [3.8, 4) is 0 Å². The second-order valence-corrected chi connectivity index (χ2v) is 7.61. The van der Waals surface area contributed by atoms with Crippen LogP contribution in [0.2, 0.25) is 0 Å². The first-order chi connectivity index (χ1) is 8.45. The molecule has 2 rings (SSSR count). The molecule has 18 heavy (non-hydrogen) atoms. The Balaban J connectivity index is 2.28. The Morgan fingerprint density at radius 1 is 1.67 bits per heavy atom. The van der Waals surface area contributed by atoms with Gasteiger partial charge in [-0.05, 0) is 13.8 Å². The Morgan fingerprint density at radius 3 is 2.94 bits per heavy atom. The standard InChI is InChI=1S/C10H16N2O4S2/c1-7-6-16-9(5-13)4-12(7)18(14,15)10-3-11-8(2)17-10/h3,7,9,13H,4-6H2,1-2H3. The topological polar surface area (TPSA) is 79.7 Å². The quantitative estimate of drug-likeness (QED) is 0.862. The van der Waals surface area contributed by atoms with Crippen LogP contribution in [0.1, 0.15) is 11.9 Å². The van der Waals surface area contributed by atoms with Gasteiger partial charge in [0, 0.05) is 12.6 Å². The van der Waals surface area contributed by atoms with Crippen LogP contribution in [0.5, 0.6) is 0 Å². The fraction of sp³-hybridized carbons (Fsp3) is 0.700. The molecule has 1 N–H and O–H groups in total. The number of hydrogen-bond donors (Lipinski definition) is 1. The number of ether oxygens (including phenoxy) is 1. The summed E-state index contributed by atoms with van der Waals surface area (Å²) in [5, 5.41) is 9.80. The predicted octanol–water partition coefficient (Wildman–Crippen LogP) is 0.222. The summed E-state index contributed by atoms with van der Waals surface area (Å²) in [4.78, 5) is 3.97. The normalized spacial score (nSPS) is 26.4. The van der Waals surface area contributed by atoms with Crippen molar-refractivity contribution in [3.05, 3.63) is 11.2 Å². The zero-order valence-electron chi connectivity index (χ0n) is 10.2. The lowest BCUT2D eigenvalue weighted by atomic mass is 10.2. The number of aliphatic hydroxyl groups is 1. The lowest BCUT2D eigenvalue weighted by Gasteiger charge is -2.35. The molecule has 2 atom stereocenters. The highest BCUT2D eigenvalue weighted by atomic mass is 32.2. The van der Waals surface area contributed by atoms with Gasteiger partial charge in [-0.15, -0.1) is 11.3 Å². The average molecular weight is 292 g/mol. The van der Waals surface area contributed by atoms with E-state index in [2.05, 4.69) is 4.98 Å². The second kappa shape index (κ2) is 5.22. The van der Waals surface area contributed by atoms with Crippen molar-refractivity contribution in [2.75, 3.05) is 19.8 Å². The Labute approximate surface area is 110 Å². The molecule has 0 aliphatic carbocycles. The van der Waals surface area contributed by atoms with Crippen LogP contribution in [0.25, 0.3) is 0 Å². The third-order valence-electron chi connectivity index (χ3n) is 2.81. The molecule has 2 heterocycles. The average Bonchev–Trinajstić information content (AvgIpc) is 2.77. The fourth-order valence-corrected chi connectivity index (χ4v) is 4.70. The number of aliphatic hydroxyl groups excluding tert-OH is 1. The molecule has 1 aliphatic rings. The molecule has 0 spiro atoms. The van der Waals surface area contributed by atoms with Crippen LogP contribution in [-0.2, 0) is 14.8 Å². The number of morpholine rings is 1. The largest absolute Gasteiger partial charge is 0.394 e. The van der Waals surface area contributed by atoms with E-state index in [4.69, 9.17) is 9.84 Å². The lowest BCUT2D eigenvalue weighted by molar-refractivity contribution is -0.0515. The fourth-order valence-electron chi connectivity index (χ4n) is 1.81. The van der Waals surface area contributed by atoms with Gasteiger partial charge in [-0.1, -0.05) is 0 Å². The minimum absolute atomic E-state index is 0.178. The van der Waals surface area contributed by atoms with Crippen LogP contribution in [0.15, 0.2) is 10.4 Å². The van der Waals surface area contributed by atoms with Crippen molar-refractivity contribution in [1.29, 1.82) is 0 Å². The Hall–Kier alpha value is -0.540. The summed E-state index contributed by atoms with van der Waals surface area (Å²) >= 11 is 1.16. The van der Waals surface area contributed by atoms with Gasteiger partial charge in [0.2, 0.25) is 0 Å². The highest BCUT2D eigenvalue weighted by Gasteiger charge is 2.36. The van der Waals surface area contributed by atoms with Crippen LogP contribution >= 0.6 is 11.3 Å². The molecule has 6 nitrogen and oxygen atoms in total. The van der Waals surface area contributed by atoms with E-state index < -0.39 is 16.1 Å². The third kappa shape index (κ3) is 2.57. The van der Waals surface area contributed by atoms with Gasteiger partial charge in [0.25, 0.3) is 10.0 Å². The number of sulfonamides is 1. The van der Waals surface area contributed by atoms with Crippen molar-refractivity contribution in [3.63, 3.8) is 0 Å². The van der Waals surface area contributed by atoms with E-state index in [0.29, 0.717) is 11.6 Å². The van der Waals surface area contributed by atoms with Crippen molar-refractivity contribution >= 4 is 21.4 Å². The number of nitrogens with zero attached hydrogens (tertiary/aromatic N) is 2. The molecule has 1 saturated heterocycles. The Morgan fingerprint density at radius 2 is 2.39 bits per heavy atom. The predicted molar refractivity (Wildman–Crippen MR) is 67.0 cm³/mol. The summed E-state index contributed by atoms with van der Waals surface area (Å²) in [7, 11) is -3.54. The van der Waals surface area contributed by atoms with E-state index in [1.807, 2.05) is 0 Å². The zero-order chi connectivity index (χ0) is 13.3. The SMILES string of the molecule is Cc1ncc(S(=O)(=O)N2CC(CO)OCC2C)s1. The van der Waals surface area contributed by atoms with Gasteiger partial charge in [-0.3, -0.25) is 0 Å². The molecule has 0 radical (unpaired) electrons.